The Kier molecular flexibility index (Phi) is 7.04. The van der Waals surface area contributed by atoms with E-state index in [2.05, 4.69) is 10.6 Å². The molecular formula is C14H25N3O5. The average molecular weight is 315 g/mol. The number of urea groups is 1. The molecule has 126 valence electrons. The first-order valence-electron chi connectivity index (χ1n) is 7.74. The molecule has 0 aromatic carbocycles. The van der Waals surface area contributed by atoms with E-state index in [-0.39, 0.29) is 24.8 Å². The number of piperidine rings is 1. The molecule has 2 aliphatic heterocycles. The van der Waals surface area contributed by atoms with Crippen LogP contribution >= 0.6 is 0 Å². The molecule has 2 aliphatic rings. The molecule has 2 fully saturated rings. The fourth-order valence-corrected chi connectivity index (χ4v) is 2.78. The van der Waals surface area contributed by atoms with Crippen LogP contribution in [0.15, 0.2) is 0 Å². The molecule has 0 radical (unpaired) electrons. The summed E-state index contributed by atoms with van der Waals surface area (Å²) in [6.45, 7) is 2.96. The number of rotatable bonds is 6. The zero-order valence-electron chi connectivity index (χ0n) is 13.0. The Labute approximate surface area is 130 Å². The van der Waals surface area contributed by atoms with Crippen molar-refractivity contribution in [2.75, 3.05) is 46.6 Å². The molecule has 3 amide bonds. The van der Waals surface area contributed by atoms with E-state index in [1.807, 2.05) is 4.90 Å². The lowest BCUT2D eigenvalue weighted by Gasteiger charge is -2.37. The van der Waals surface area contributed by atoms with E-state index in [0.29, 0.717) is 26.4 Å². The summed E-state index contributed by atoms with van der Waals surface area (Å²) in [6, 6.07) is -0.414. The third-order valence-corrected chi connectivity index (χ3v) is 3.82. The van der Waals surface area contributed by atoms with E-state index in [1.54, 1.807) is 7.11 Å². The van der Waals surface area contributed by atoms with Crippen LogP contribution in [-0.4, -0.2) is 75.7 Å². The number of nitrogens with zero attached hydrogens (tertiary/aromatic N) is 1. The molecule has 0 aliphatic carbocycles. The number of hydrogen-bond donors (Lipinski definition) is 2. The molecule has 2 rings (SSSR count). The van der Waals surface area contributed by atoms with Gasteiger partial charge in [-0.3, -0.25) is 15.0 Å². The molecule has 1 unspecified atom stereocenters. The first-order chi connectivity index (χ1) is 10.7. The predicted molar refractivity (Wildman–Crippen MR) is 78.3 cm³/mol. The predicted octanol–water partition coefficient (Wildman–Crippen LogP) is -0.314. The second kappa shape index (κ2) is 9.04. The van der Waals surface area contributed by atoms with Crippen LogP contribution in [0, 0.1) is 0 Å². The van der Waals surface area contributed by atoms with Crippen molar-refractivity contribution in [1.82, 2.24) is 15.5 Å². The van der Waals surface area contributed by atoms with Crippen LogP contribution in [0.2, 0.25) is 0 Å². The zero-order chi connectivity index (χ0) is 15.8. The van der Waals surface area contributed by atoms with Crippen molar-refractivity contribution in [3.05, 3.63) is 0 Å². The van der Waals surface area contributed by atoms with Gasteiger partial charge in [-0.25, -0.2) is 4.79 Å². The van der Waals surface area contributed by atoms with Gasteiger partial charge in [-0.05, 0) is 19.4 Å². The monoisotopic (exact) mass is 315 g/mol. The second-order valence-electron chi connectivity index (χ2n) is 5.44. The van der Waals surface area contributed by atoms with Crippen molar-refractivity contribution in [2.24, 2.45) is 0 Å². The minimum absolute atomic E-state index is 0.0820. The summed E-state index contributed by atoms with van der Waals surface area (Å²) in [6.07, 6.45) is 2.82. The Balaban J connectivity index is 1.76. The van der Waals surface area contributed by atoms with Crippen molar-refractivity contribution in [2.45, 2.75) is 31.6 Å². The molecule has 2 N–H and O–H groups in total. The Morgan fingerprint density at radius 1 is 1.27 bits per heavy atom. The van der Waals surface area contributed by atoms with E-state index >= 15 is 0 Å². The average Bonchev–Trinajstić information content (AvgIpc) is 3.02. The molecule has 0 bridgehead atoms. The van der Waals surface area contributed by atoms with Crippen LogP contribution in [0.5, 0.6) is 0 Å². The van der Waals surface area contributed by atoms with Crippen LogP contribution in [0.1, 0.15) is 19.3 Å². The van der Waals surface area contributed by atoms with Crippen LogP contribution in [0.25, 0.3) is 0 Å². The van der Waals surface area contributed by atoms with Gasteiger partial charge in [-0.15, -0.1) is 0 Å². The maximum atomic E-state index is 12.0. The van der Waals surface area contributed by atoms with Crippen LogP contribution in [-0.2, 0) is 19.0 Å². The third-order valence-electron chi connectivity index (χ3n) is 3.82. The van der Waals surface area contributed by atoms with Gasteiger partial charge in [0.25, 0.3) is 0 Å². The van der Waals surface area contributed by atoms with E-state index in [9.17, 15) is 9.59 Å². The van der Waals surface area contributed by atoms with E-state index < -0.39 is 6.03 Å². The normalized spacial score (nSPS) is 23.4. The molecule has 1 atom stereocenters. The highest BCUT2D eigenvalue weighted by molar-refractivity contribution is 5.95. The SMILES string of the molecule is COCCNC(=O)NC(=O)CN1CCCCC1C1OCCO1. The Hall–Kier alpha value is -1.22. The van der Waals surface area contributed by atoms with Gasteiger partial charge in [0.05, 0.1) is 32.4 Å². The number of carbonyl (C=O) groups excluding carboxylic acids is 2. The van der Waals surface area contributed by atoms with Gasteiger partial charge in [0.2, 0.25) is 5.91 Å². The number of methoxy groups -OCH3 is 1. The molecule has 8 heteroatoms. The van der Waals surface area contributed by atoms with E-state index in [4.69, 9.17) is 14.2 Å². The highest BCUT2D eigenvalue weighted by atomic mass is 16.7. The van der Waals surface area contributed by atoms with Gasteiger partial charge in [0.15, 0.2) is 6.29 Å². The topological polar surface area (TPSA) is 89.1 Å². The van der Waals surface area contributed by atoms with Gasteiger partial charge in [0.1, 0.15) is 0 Å². The summed E-state index contributed by atoms with van der Waals surface area (Å²) >= 11 is 0. The number of amides is 3. The van der Waals surface area contributed by atoms with Crippen LogP contribution < -0.4 is 10.6 Å². The summed E-state index contributed by atoms with van der Waals surface area (Å²) in [5.74, 6) is -0.320. The molecule has 0 saturated carbocycles. The van der Waals surface area contributed by atoms with Gasteiger partial charge in [-0.1, -0.05) is 6.42 Å². The molecule has 0 aromatic heterocycles. The summed E-state index contributed by atoms with van der Waals surface area (Å²) in [4.78, 5) is 25.6. The Morgan fingerprint density at radius 2 is 2.05 bits per heavy atom. The van der Waals surface area contributed by atoms with E-state index in [0.717, 1.165) is 25.8 Å². The van der Waals surface area contributed by atoms with Crippen molar-refractivity contribution in [1.29, 1.82) is 0 Å². The number of hydrogen-bond acceptors (Lipinski definition) is 6. The summed E-state index contributed by atoms with van der Waals surface area (Å²) in [7, 11) is 1.55. The first kappa shape index (κ1) is 17.1. The molecule has 0 spiro atoms. The minimum Gasteiger partial charge on any atom is -0.383 e. The quantitative estimate of drug-likeness (QED) is 0.654. The minimum atomic E-state index is -0.496. The lowest BCUT2D eigenvalue weighted by molar-refractivity contribution is -0.130. The Morgan fingerprint density at radius 3 is 2.77 bits per heavy atom. The van der Waals surface area contributed by atoms with Crippen molar-refractivity contribution in [3.63, 3.8) is 0 Å². The highest BCUT2D eigenvalue weighted by Crippen LogP contribution is 2.23. The maximum Gasteiger partial charge on any atom is 0.321 e. The highest BCUT2D eigenvalue weighted by Gasteiger charge is 2.34. The number of ether oxygens (including phenoxy) is 3. The lowest BCUT2D eigenvalue weighted by Crippen LogP contribution is -2.52. The van der Waals surface area contributed by atoms with Gasteiger partial charge in [-0.2, -0.15) is 0 Å². The summed E-state index contributed by atoms with van der Waals surface area (Å²) < 4.78 is 16.0. The van der Waals surface area contributed by atoms with E-state index in [1.165, 1.54) is 0 Å². The fourth-order valence-electron chi connectivity index (χ4n) is 2.78. The lowest BCUT2D eigenvalue weighted by atomic mass is 10.0. The standard InChI is InChI=1S/C14H25N3O5/c1-20-7-5-15-14(19)16-12(18)10-17-6-3-2-4-11(17)13-21-8-9-22-13/h11,13H,2-10H2,1H3,(H2,15,16,18,19). The number of carbonyl (C=O) groups is 2. The Bertz CT molecular complexity index is 373. The van der Waals surface area contributed by atoms with Gasteiger partial charge in [0, 0.05) is 13.7 Å². The van der Waals surface area contributed by atoms with Crippen LogP contribution in [0.4, 0.5) is 4.79 Å². The molecule has 0 aromatic rings. The van der Waals surface area contributed by atoms with Crippen molar-refractivity contribution < 1.29 is 23.8 Å². The molecule has 8 nitrogen and oxygen atoms in total. The molecule has 22 heavy (non-hydrogen) atoms. The smallest absolute Gasteiger partial charge is 0.321 e. The van der Waals surface area contributed by atoms with Gasteiger partial charge < -0.3 is 19.5 Å². The zero-order valence-corrected chi connectivity index (χ0v) is 13.0. The molecule has 2 heterocycles. The summed E-state index contributed by atoms with van der Waals surface area (Å²) in [5.41, 5.74) is 0. The molecular weight excluding hydrogens is 290 g/mol. The van der Waals surface area contributed by atoms with Gasteiger partial charge >= 0.3 is 6.03 Å². The largest absolute Gasteiger partial charge is 0.383 e. The summed E-state index contributed by atoms with van der Waals surface area (Å²) in [5, 5.41) is 4.88. The van der Waals surface area contributed by atoms with Crippen molar-refractivity contribution >= 4 is 11.9 Å². The number of imide groups is 1. The second-order valence-corrected chi connectivity index (χ2v) is 5.44. The molecule has 2 saturated heterocycles. The maximum absolute atomic E-state index is 12.0. The first-order valence-corrected chi connectivity index (χ1v) is 7.74. The van der Waals surface area contributed by atoms with Crippen LogP contribution in [0.3, 0.4) is 0 Å². The number of nitrogens with one attached hydrogen (secondary N) is 2. The third kappa shape index (κ3) is 5.20. The van der Waals surface area contributed by atoms with Crippen molar-refractivity contribution in [3.8, 4) is 0 Å². The fraction of sp³-hybridized carbons (Fsp3) is 0.857. The number of likely N-dealkylation sites (tertiary alicyclic amines) is 1.